The lowest BCUT2D eigenvalue weighted by Gasteiger charge is -2.35. The lowest BCUT2D eigenvalue weighted by atomic mass is 9.97. The molecule has 126 valence electrons. The highest BCUT2D eigenvalue weighted by molar-refractivity contribution is 5.94. The van der Waals surface area contributed by atoms with Crippen LogP contribution >= 0.6 is 0 Å². The molecule has 1 aliphatic rings. The molecule has 2 aromatic rings. The van der Waals surface area contributed by atoms with Gasteiger partial charge in [0.15, 0.2) is 0 Å². The number of carbonyl (C=O) groups is 2. The second kappa shape index (κ2) is 7.29. The maximum absolute atomic E-state index is 12.8. The fourth-order valence-corrected chi connectivity index (χ4v) is 3.20. The number of nitrogens with zero attached hydrogens (tertiary/aromatic N) is 3. The smallest absolute Gasteiger partial charge is 0.303 e. The number of benzene rings is 1. The van der Waals surface area contributed by atoms with E-state index < -0.39 is 5.97 Å². The van der Waals surface area contributed by atoms with Gasteiger partial charge in [0.05, 0.1) is 5.69 Å². The number of hydrogen-bond acceptors (Lipinski definition) is 3. The summed E-state index contributed by atoms with van der Waals surface area (Å²) in [7, 11) is 0. The van der Waals surface area contributed by atoms with Crippen LogP contribution in [0.1, 0.15) is 42.5 Å². The first-order valence-corrected chi connectivity index (χ1v) is 8.28. The van der Waals surface area contributed by atoms with E-state index in [0.29, 0.717) is 18.5 Å². The average Bonchev–Trinajstić information content (AvgIpc) is 3.14. The molecule has 0 saturated carbocycles. The summed E-state index contributed by atoms with van der Waals surface area (Å²) in [6, 6.07) is 9.23. The van der Waals surface area contributed by atoms with E-state index in [4.69, 9.17) is 5.11 Å². The quantitative estimate of drug-likeness (QED) is 0.916. The number of piperidine rings is 1. The van der Waals surface area contributed by atoms with Gasteiger partial charge in [-0.05, 0) is 56.0 Å². The number of likely N-dealkylation sites (tertiary alicyclic amines) is 1. The SMILES string of the molecule is O=C(O)CC[C@@H]1CCCCN1C(=O)c1ccc(-n2cccn2)cc1. The lowest BCUT2D eigenvalue weighted by Crippen LogP contribution is -2.43. The topological polar surface area (TPSA) is 75.4 Å². The zero-order valence-electron chi connectivity index (χ0n) is 13.5. The summed E-state index contributed by atoms with van der Waals surface area (Å²) in [6.07, 6.45) is 7.08. The highest BCUT2D eigenvalue weighted by Crippen LogP contribution is 2.23. The minimum Gasteiger partial charge on any atom is -0.481 e. The first kappa shape index (κ1) is 16.2. The molecule has 0 unspecified atom stereocenters. The summed E-state index contributed by atoms with van der Waals surface area (Å²) in [5.74, 6) is -0.825. The molecule has 1 aromatic carbocycles. The van der Waals surface area contributed by atoms with E-state index >= 15 is 0 Å². The van der Waals surface area contributed by atoms with Gasteiger partial charge < -0.3 is 10.0 Å². The minimum atomic E-state index is -0.809. The number of hydrogen-bond donors (Lipinski definition) is 1. The standard InChI is InChI=1S/C18H21N3O3/c22-17(23)10-9-15-4-1-2-12-20(15)18(24)14-5-7-16(8-6-14)21-13-3-11-19-21/h3,5-8,11,13,15H,1-2,4,9-10,12H2,(H,22,23)/t15-/m0/s1. The highest BCUT2D eigenvalue weighted by atomic mass is 16.4. The van der Waals surface area contributed by atoms with Crippen molar-refractivity contribution < 1.29 is 14.7 Å². The molecule has 1 aromatic heterocycles. The fraction of sp³-hybridized carbons (Fsp3) is 0.389. The summed E-state index contributed by atoms with van der Waals surface area (Å²) in [4.78, 5) is 25.5. The van der Waals surface area contributed by atoms with Crippen molar-refractivity contribution in [3.63, 3.8) is 0 Å². The van der Waals surface area contributed by atoms with Gasteiger partial charge >= 0.3 is 5.97 Å². The molecule has 1 amide bonds. The number of amides is 1. The Morgan fingerprint density at radius 2 is 2.00 bits per heavy atom. The van der Waals surface area contributed by atoms with E-state index in [-0.39, 0.29) is 18.4 Å². The van der Waals surface area contributed by atoms with Crippen molar-refractivity contribution in [3.8, 4) is 5.69 Å². The molecule has 6 nitrogen and oxygen atoms in total. The Kier molecular flexibility index (Phi) is 4.93. The zero-order chi connectivity index (χ0) is 16.9. The summed E-state index contributed by atoms with van der Waals surface area (Å²) in [6.45, 7) is 0.698. The molecule has 1 saturated heterocycles. The van der Waals surface area contributed by atoms with Crippen molar-refractivity contribution in [2.24, 2.45) is 0 Å². The monoisotopic (exact) mass is 327 g/mol. The van der Waals surface area contributed by atoms with Gasteiger partial charge in [-0.2, -0.15) is 5.10 Å². The van der Waals surface area contributed by atoms with Crippen LogP contribution in [0, 0.1) is 0 Å². The number of aromatic nitrogens is 2. The molecule has 3 rings (SSSR count). The summed E-state index contributed by atoms with van der Waals surface area (Å²) in [5, 5.41) is 13.1. The van der Waals surface area contributed by atoms with E-state index in [1.807, 2.05) is 41.4 Å². The summed E-state index contributed by atoms with van der Waals surface area (Å²) in [5.41, 5.74) is 1.53. The van der Waals surface area contributed by atoms with Crippen molar-refractivity contribution in [3.05, 3.63) is 48.3 Å². The largest absolute Gasteiger partial charge is 0.481 e. The molecule has 0 radical (unpaired) electrons. The van der Waals surface area contributed by atoms with Crippen LogP contribution in [0.4, 0.5) is 0 Å². The molecule has 0 aliphatic carbocycles. The van der Waals surface area contributed by atoms with Gasteiger partial charge in [-0.3, -0.25) is 9.59 Å². The maximum atomic E-state index is 12.8. The first-order chi connectivity index (χ1) is 11.6. The molecule has 1 N–H and O–H groups in total. The van der Waals surface area contributed by atoms with Gasteiger partial charge in [-0.25, -0.2) is 4.68 Å². The van der Waals surface area contributed by atoms with Gasteiger partial charge in [0, 0.05) is 37.0 Å². The summed E-state index contributed by atoms with van der Waals surface area (Å²) < 4.78 is 1.74. The van der Waals surface area contributed by atoms with Crippen molar-refractivity contribution in [2.45, 2.75) is 38.1 Å². The Morgan fingerprint density at radius 3 is 2.67 bits per heavy atom. The second-order valence-corrected chi connectivity index (χ2v) is 6.08. The third-order valence-electron chi connectivity index (χ3n) is 4.46. The number of carbonyl (C=O) groups excluding carboxylic acids is 1. The number of carboxylic acids is 1. The van der Waals surface area contributed by atoms with E-state index in [1.54, 1.807) is 10.9 Å². The van der Waals surface area contributed by atoms with Gasteiger partial charge in [0.25, 0.3) is 5.91 Å². The lowest BCUT2D eigenvalue weighted by molar-refractivity contribution is -0.137. The Morgan fingerprint density at radius 1 is 1.21 bits per heavy atom. The molecule has 2 heterocycles. The Balaban J connectivity index is 1.72. The normalized spacial score (nSPS) is 17.7. The molecule has 6 heteroatoms. The Bertz CT molecular complexity index is 695. The van der Waals surface area contributed by atoms with Crippen LogP contribution in [-0.4, -0.2) is 44.3 Å². The second-order valence-electron chi connectivity index (χ2n) is 6.08. The van der Waals surface area contributed by atoms with Crippen LogP contribution in [-0.2, 0) is 4.79 Å². The van der Waals surface area contributed by atoms with Gasteiger partial charge in [0.2, 0.25) is 0 Å². The predicted molar refractivity (Wildman–Crippen MR) is 89.1 cm³/mol. The molecule has 0 spiro atoms. The molecule has 1 fully saturated rings. The van der Waals surface area contributed by atoms with Crippen LogP contribution in [0.25, 0.3) is 5.69 Å². The van der Waals surface area contributed by atoms with E-state index in [0.717, 1.165) is 24.9 Å². The minimum absolute atomic E-state index is 0.0166. The van der Waals surface area contributed by atoms with Crippen LogP contribution < -0.4 is 0 Å². The van der Waals surface area contributed by atoms with Crippen molar-refractivity contribution in [1.82, 2.24) is 14.7 Å². The maximum Gasteiger partial charge on any atom is 0.303 e. The molecular formula is C18H21N3O3. The van der Waals surface area contributed by atoms with Gasteiger partial charge in [-0.1, -0.05) is 0 Å². The van der Waals surface area contributed by atoms with Crippen molar-refractivity contribution in [2.75, 3.05) is 6.54 Å². The summed E-state index contributed by atoms with van der Waals surface area (Å²) >= 11 is 0. The molecule has 1 atom stereocenters. The van der Waals surface area contributed by atoms with Crippen LogP contribution in [0.2, 0.25) is 0 Å². The van der Waals surface area contributed by atoms with Crippen molar-refractivity contribution in [1.29, 1.82) is 0 Å². The molecule has 24 heavy (non-hydrogen) atoms. The number of rotatable bonds is 5. The number of aliphatic carboxylic acids is 1. The third-order valence-corrected chi connectivity index (χ3v) is 4.46. The Labute approximate surface area is 140 Å². The van der Waals surface area contributed by atoms with Crippen LogP contribution in [0.15, 0.2) is 42.7 Å². The first-order valence-electron chi connectivity index (χ1n) is 8.28. The highest BCUT2D eigenvalue weighted by Gasteiger charge is 2.27. The third kappa shape index (κ3) is 3.64. The Hall–Kier alpha value is -2.63. The van der Waals surface area contributed by atoms with Crippen LogP contribution in [0.5, 0.6) is 0 Å². The molecular weight excluding hydrogens is 306 g/mol. The zero-order valence-corrected chi connectivity index (χ0v) is 13.5. The van der Waals surface area contributed by atoms with Crippen molar-refractivity contribution >= 4 is 11.9 Å². The molecule has 1 aliphatic heterocycles. The van der Waals surface area contributed by atoms with E-state index in [9.17, 15) is 9.59 Å². The predicted octanol–water partition coefficient (Wildman–Crippen LogP) is 2.73. The van der Waals surface area contributed by atoms with Gasteiger partial charge in [-0.15, -0.1) is 0 Å². The van der Waals surface area contributed by atoms with E-state index in [1.165, 1.54) is 0 Å². The fourth-order valence-electron chi connectivity index (χ4n) is 3.20. The average molecular weight is 327 g/mol. The number of carboxylic acid groups (broad SMARTS) is 1. The van der Waals surface area contributed by atoms with E-state index in [2.05, 4.69) is 5.10 Å². The van der Waals surface area contributed by atoms with Crippen LogP contribution in [0.3, 0.4) is 0 Å². The van der Waals surface area contributed by atoms with Gasteiger partial charge in [0.1, 0.15) is 0 Å². The molecule has 0 bridgehead atoms.